The van der Waals surface area contributed by atoms with Crippen LogP contribution in [0.3, 0.4) is 0 Å². The van der Waals surface area contributed by atoms with E-state index in [1.807, 2.05) is 0 Å². The first-order valence-corrected chi connectivity index (χ1v) is 11.6. The normalized spacial score (nSPS) is 16.1. The van der Waals surface area contributed by atoms with Crippen molar-refractivity contribution >= 4 is 11.9 Å². The largest absolute Gasteiger partial charge is 0.469 e. The van der Waals surface area contributed by atoms with Crippen LogP contribution in [0.1, 0.15) is 47.1 Å². The summed E-state index contributed by atoms with van der Waals surface area (Å²) >= 11 is 0. The molecule has 184 valence electrons. The van der Waals surface area contributed by atoms with Gasteiger partial charge in [0.2, 0.25) is 0 Å². The second-order valence-electron chi connectivity index (χ2n) is 8.71. The Labute approximate surface area is 199 Å². The third kappa shape index (κ3) is 4.21. The monoisotopic (exact) mass is 487 g/mol. The highest BCUT2D eigenvalue weighted by molar-refractivity contribution is 5.94. The lowest BCUT2D eigenvalue weighted by molar-refractivity contribution is -0.149. The third-order valence-corrected chi connectivity index (χ3v) is 6.62. The molecule has 3 aromatic rings. The summed E-state index contributed by atoms with van der Waals surface area (Å²) in [5.74, 6) is 0.00775. The highest BCUT2D eigenvalue weighted by Gasteiger charge is 2.41. The molecule has 0 spiro atoms. The molecule has 2 aromatic heterocycles. The summed E-state index contributed by atoms with van der Waals surface area (Å²) in [6, 6.07) is 8.04. The molecule has 1 amide bonds. The number of likely N-dealkylation sites (tertiary alicyclic amines) is 1. The molecule has 35 heavy (non-hydrogen) atoms. The SMILES string of the molecule is CCOC(=O)C1CCN(C(=O)c2ccc(-n3nc(C(F)(F)F)c4c3-c3ccoc3CC4)cc2)CC1. The number of aryl methyl sites for hydroxylation is 1. The lowest BCUT2D eigenvalue weighted by Crippen LogP contribution is -2.40. The van der Waals surface area contributed by atoms with Crippen molar-refractivity contribution in [3.05, 3.63) is 59.2 Å². The number of esters is 1. The van der Waals surface area contributed by atoms with Crippen LogP contribution in [0.15, 0.2) is 41.0 Å². The summed E-state index contributed by atoms with van der Waals surface area (Å²) in [5.41, 5.74) is 1.05. The molecule has 0 bridgehead atoms. The van der Waals surface area contributed by atoms with E-state index in [1.165, 1.54) is 10.9 Å². The molecule has 10 heteroatoms. The molecule has 1 saturated heterocycles. The minimum absolute atomic E-state index is 0.149. The van der Waals surface area contributed by atoms with Crippen LogP contribution in [0.25, 0.3) is 16.9 Å². The molecule has 2 aliphatic rings. The van der Waals surface area contributed by atoms with Crippen LogP contribution in [0.2, 0.25) is 0 Å². The Bertz CT molecular complexity index is 1250. The Morgan fingerprint density at radius 1 is 1.11 bits per heavy atom. The Balaban J connectivity index is 1.39. The number of hydrogen-bond donors (Lipinski definition) is 0. The van der Waals surface area contributed by atoms with Crippen molar-refractivity contribution < 1.29 is 31.9 Å². The molecule has 3 heterocycles. The number of benzene rings is 1. The van der Waals surface area contributed by atoms with Crippen LogP contribution in [0.5, 0.6) is 0 Å². The van der Waals surface area contributed by atoms with E-state index in [0.717, 1.165) is 0 Å². The van der Waals surface area contributed by atoms with E-state index in [-0.39, 0.29) is 29.8 Å². The van der Waals surface area contributed by atoms with Crippen LogP contribution in [-0.4, -0.2) is 46.3 Å². The highest BCUT2D eigenvalue weighted by atomic mass is 19.4. The van der Waals surface area contributed by atoms with E-state index in [4.69, 9.17) is 9.15 Å². The Morgan fingerprint density at radius 3 is 2.49 bits per heavy atom. The van der Waals surface area contributed by atoms with Crippen LogP contribution in [0.4, 0.5) is 13.2 Å². The van der Waals surface area contributed by atoms with E-state index in [1.54, 1.807) is 42.2 Å². The molecule has 1 fully saturated rings. The number of rotatable bonds is 4. The lowest BCUT2D eigenvalue weighted by atomic mass is 9.94. The topological polar surface area (TPSA) is 77.6 Å². The summed E-state index contributed by atoms with van der Waals surface area (Å²) in [7, 11) is 0. The Hall–Kier alpha value is -3.56. The van der Waals surface area contributed by atoms with E-state index < -0.39 is 11.9 Å². The molecule has 7 nitrogen and oxygen atoms in total. The molecular formula is C25H24F3N3O4. The summed E-state index contributed by atoms with van der Waals surface area (Å²) in [6.45, 7) is 2.97. The van der Waals surface area contributed by atoms with Gasteiger partial charge in [0.05, 0.1) is 30.2 Å². The maximum Gasteiger partial charge on any atom is 0.435 e. The predicted molar refractivity (Wildman–Crippen MR) is 119 cm³/mol. The molecular weight excluding hydrogens is 463 g/mol. The smallest absolute Gasteiger partial charge is 0.435 e. The zero-order valence-electron chi connectivity index (χ0n) is 19.1. The number of carbonyl (C=O) groups is 2. The molecule has 0 saturated carbocycles. The van der Waals surface area contributed by atoms with Gasteiger partial charge in [0.25, 0.3) is 5.91 Å². The third-order valence-electron chi connectivity index (χ3n) is 6.62. The van der Waals surface area contributed by atoms with Gasteiger partial charge in [-0.2, -0.15) is 18.3 Å². The van der Waals surface area contributed by atoms with Crippen LogP contribution in [0, 0.1) is 5.92 Å². The van der Waals surface area contributed by atoms with Gasteiger partial charge in [-0.1, -0.05) is 0 Å². The maximum absolute atomic E-state index is 13.7. The zero-order valence-corrected chi connectivity index (χ0v) is 19.1. The summed E-state index contributed by atoms with van der Waals surface area (Å²) < 4.78 is 53.0. The van der Waals surface area contributed by atoms with Gasteiger partial charge in [-0.15, -0.1) is 0 Å². The Kier molecular flexibility index (Phi) is 5.90. The fraction of sp³-hybridized carbons (Fsp3) is 0.400. The highest BCUT2D eigenvalue weighted by Crippen LogP contribution is 2.42. The predicted octanol–water partition coefficient (Wildman–Crippen LogP) is 4.67. The van der Waals surface area contributed by atoms with Crippen molar-refractivity contribution in [2.24, 2.45) is 5.92 Å². The summed E-state index contributed by atoms with van der Waals surface area (Å²) in [4.78, 5) is 26.6. The number of hydrogen-bond acceptors (Lipinski definition) is 5. The van der Waals surface area contributed by atoms with Crippen molar-refractivity contribution in [2.45, 2.75) is 38.8 Å². The number of halogens is 3. The first kappa shape index (κ1) is 23.2. The molecule has 1 aliphatic heterocycles. The van der Waals surface area contributed by atoms with Gasteiger partial charge in [0.15, 0.2) is 5.69 Å². The summed E-state index contributed by atoms with van der Waals surface area (Å²) in [6.07, 6.45) is -1.47. The average molecular weight is 487 g/mol. The fourth-order valence-electron chi connectivity index (χ4n) is 4.87. The Morgan fingerprint density at radius 2 is 1.83 bits per heavy atom. The van der Waals surface area contributed by atoms with Crippen molar-refractivity contribution in [2.75, 3.05) is 19.7 Å². The second kappa shape index (κ2) is 8.90. The van der Waals surface area contributed by atoms with Gasteiger partial charge in [-0.3, -0.25) is 9.59 Å². The number of piperidine rings is 1. The number of carbonyl (C=O) groups excluding carboxylic acids is 2. The number of nitrogens with zero attached hydrogens (tertiary/aromatic N) is 3. The zero-order chi connectivity index (χ0) is 24.7. The van der Waals surface area contributed by atoms with Crippen molar-refractivity contribution in [1.82, 2.24) is 14.7 Å². The number of ether oxygens (including phenoxy) is 1. The average Bonchev–Trinajstić information content (AvgIpc) is 3.48. The first-order chi connectivity index (χ1) is 16.8. The molecule has 0 radical (unpaired) electrons. The van der Waals surface area contributed by atoms with Gasteiger partial charge in [0, 0.05) is 36.2 Å². The first-order valence-electron chi connectivity index (χ1n) is 11.6. The van der Waals surface area contributed by atoms with Crippen molar-refractivity contribution in [3.63, 3.8) is 0 Å². The molecule has 5 rings (SSSR count). The lowest BCUT2D eigenvalue weighted by Gasteiger charge is -2.31. The van der Waals surface area contributed by atoms with Gasteiger partial charge in [-0.25, -0.2) is 4.68 Å². The number of aromatic nitrogens is 2. The van der Waals surface area contributed by atoms with Gasteiger partial charge in [0.1, 0.15) is 5.76 Å². The molecule has 1 aromatic carbocycles. The second-order valence-corrected chi connectivity index (χ2v) is 8.71. The molecule has 1 aliphatic carbocycles. The summed E-state index contributed by atoms with van der Waals surface area (Å²) in [5, 5.41) is 3.93. The number of furan rings is 1. The van der Waals surface area contributed by atoms with Crippen molar-refractivity contribution in [1.29, 1.82) is 0 Å². The standard InChI is InChI=1S/C25H24F3N3O4/c1-2-34-24(33)16-9-12-30(13-10-16)23(32)15-3-5-17(6-4-15)31-21-18-11-14-35-20(18)8-7-19(21)22(29-31)25(26,27)28/h3-6,11,14,16H,2,7-10,12-13H2,1H3. The van der Waals surface area contributed by atoms with Gasteiger partial charge >= 0.3 is 12.1 Å². The fourth-order valence-corrected chi connectivity index (χ4v) is 4.87. The van der Waals surface area contributed by atoms with Gasteiger partial charge in [-0.05, 0) is 56.5 Å². The number of fused-ring (bicyclic) bond motifs is 3. The van der Waals surface area contributed by atoms with E-state index in [2.05, 4.69) is 5.10 Å². The van der Waals surface area contributed by atoms with E-state index in [9.17, 15) is 22.8 Å². The minimum Gasteiger partial charge on any atom is -0.469 e. The van der Waals surface area contributed by atoms with E-state index >= 15 is 0 Å². The molecule has 0 atom stereocenters. The molecule has 0 unspecified atom stereocenters. The number of alkyl halides is 3. The number of amides is 1. The van der Waals surface area contributed by atoms with Crippen LogP contribution >= 0.6 is 0 Å². The molecule has 0 N–H and O–H groups in total. The van der Waals surface area contributed by atoms with Crippen LogP contribution in [-0.2, 0) is 28.5 Å². The minimum atomic E-state index is -4.58. The van der Waals surface area contributed by atoms with Crippen LogP contribution < -0.4 is 0 Å². The van der Waals surface area contributed by atoms with Gasteiger partial charge < -0.3 is 14.1 Å². The van der Waals surface area contributed by atoms with Crippen molar-refractivity contribution in [3.8, 4) is 16.9 Å². The maximum atomic E-state index is 13.7. The quantitative estimate of drug-likeness (QED) is 0.500. The van der Waals surface area contributed by atoms with E-state index in [0.29, 0.717) is 67.2 Å².